The van der Waals surface area contributed by atoms with Gasteiger partial charge in [-0.2, -0.15) is 26.3 Å². The number of alkyl halides is 6. The van der Waals surface area contributed by atoms with Crippen LogP contribution in [0.1, 0.15) is 41.5 Å². The van der Waals surface area contributed by atoms with Crippen molar-refractivity contribution in [2.75, 3.05) is 33.2 Å². The molecule has 0 aromatic heterocycles. The third-order valence-corrected chi connectivity index (χ3v) is 6.90. The summed E-state index contributed by atoms with van der Waals surface area (Å²) in [5.74, 6) is -2.69. The predicted molar refractivity (Wildman–Crippen MR) is 136 cm³/mol. The van der Waals surface area contributed by atoms with Gasteiger partial charge in [-0.05, 0) is 48.4 Å². The maximum Gasteiger partial charge on any atom is 0.416 e. The summed E-state index contributed by atoms with van der Waals surface area (Å²) in [6, 6.07) is 5.72. The molecule has 0 aliphatic carbocycles. The molecule has 9 nitrogen and oxygen atoms in total. The highest BCUT2D eigenvalue weighted by Crippen LogP contribution is 2.36. The monoisotopic (exact) mass is 604 g/mol. The van der Waals surface area contributed by atoms with Crippen molar-refractivity contribution in [3.8, 4) is 5.75 Å². The first-order valence-corrected chi connectivity index (χ1v) is 12.8. The van der Waals surface area contributed by atoms with Crippen LogP contribution in [0.2, 0.25) is 0 Å². The van der Waals surface area contributed by atoms with Crippen molar-refractivity contribution in [1.29, 1.82) is 0 Å². The van der Waals surface area contributed by atoms with Crippen LogP contribution in [0.15, 0.2) is 42.5 Å². The second-order valence-corrected chi connectivity index (χ2v) is 9.76. The highest BCUT2D eigenvalue weighted by Gasteiger charge is 2.37. The summed E-state index contributed by atoms with van der Waals surface area (Å²) in [4.78, 5) is 41.0. The van der Waals surface area contributed by atoms with E-state index in [9.17, 15) is 40.7 Å². The molecule has 1 unspecified atom stereocenters. The predicted octanol–water partition coefficient (Wildman–Crippen LogP) is 3.56. The fourth-order valence-electron chi connectivity index (χ4n) is 4.34. The Morgan fingerprint density at radius 1 is 1.00 bits per heavy atom. The first kappa shape index (κ1) is 32.7. The molecular weight excluding hydrogens is 574 g/mol. The smallest absolute Gasteiger partial charge is 0.416 e. The van der Waals surface area contributed by atoms with Gasteiger partial charge in [-0.15, -0.1) is 0 Å². The Balaban J connectivity index is 1.82. The molecule has 3 amide bonds. The second kappa shape index (κ2) is 13.4. The average Bonchev–Trinajstić information content (AvgIpc) is 2.96. The average molecular weight is 605 g/mol. The molecule has 1 fully saturated rings. The Morgan fingerprint density at radius 3 is 2.05 bits per heavy atom. The number of amides is 3. The fourth-order valence-corrected chi connectivity index (χ4v) is 4.34. The SMILES string of the molecule is C[C@H](C(=O)NO)N(C)C(=O)C(CC(=O)N1CCNCC1)c1ccc(OCc2cc(C(F)(F)F)cc(C(F)(F)F)c2)cc1. The largest absolute Gasteiger partial charge is 0.489 e. The number of nitrogens with one attached hydrogen (secondary N) is 2. The van der Waals surface area contributed by atoms with Crippen LogP contribution in [-0.2, 0) is 33.3 Å². The van der Waals surface area contributed by atoms with Crippen molar-refractivity contribution < 1.29 is 50.7 Å². The van der Waals surface area contributed by atoms with Crippen LogP contribution in [0.3, 0.4) is 0 Å². The summed E-state index contributed by atoms with van der Waals surface area (Å²) in [6.45, 7) is 2.83. The van der Waals surface area contributed by atoms with E-state index in [1.165, 1.54) is 43.7 Å². The third-order valence-electron chi connectivity index (χ3n) is 6.90. The zero-order valence-corrected chi connectivity index (χ0v) is 22.7. The van der Waals surface area contributed by atoms with Gasteiger partial charge in [0, 0.05) is 39.6 Å². The first-order valence-electron chi connectivity index (χ1n) is 12.8. The van der Waals surface area contributed by atoms with Crippen molar-refractivity contribution in [3.63, 3.8) is 0 Å². The van der Waals surface area contributed by atoms with Gasteiger partial charge in [0.05, 0.1) is 17.0 Å². The number of ether oxygens (including phenoxy) is 1. The lowest BCUT2D eigenvalue weighted by Crippen LogP contribution is -2.49. The summed E-state index contributed by atoms with van der Waals surface area (Å²) in [5.41, 5.74) is -1.45. The van der Waals surface area contributed by atoms with Gasteiger partial charge in [0.2, 0.25) is 11.8 Å². The highest BCUT2D eigenvalue weighted by molar-refractivity contribution is 5.93. The van der Waals surface area contributed by atoms with E-state index < -0.39 is 53.9 Å². The van der Waals surface area contributed by atoms with Crippen LogP contribution >= 0.6 is 0 Å². The van der Waals surface area contributed by atoms with Gasteiger partial charge in [0.15, 0.2) is 0 Å². The topological polar surface area (TPSA) is 111 Å². The minimum absolute atomic E-state index is 0.0270. The third kappa shape index (κ3) is 8.35. The number of halogens is 6. The van der Waals surface area contributed by atoms with Crippen molar-refractivity contribution in [2.45, 2.75) is 44.3 Å². The summed E-state index contributed by atoms with van der Waals surface area (Å²) < 4.78 is 84.4. The highest BCUT2D eigenvalue weighted by atomic mass is 19.4. The van der Waals surface area contributed by atoms with Crippen LogP contribution in [-0.4, -0.2) is 72.0 Å². The lowest BCUT2D eigenvalue weighted by atomic mass is 9.92. The lowest BCUT2D eigenvalue weighted by Gasteiger charge is -2.31. The maximum absolute atomic E-state index is 13.4. The Labute approximate surface area is 237 Å². The van der Waals surface area contributed by atoms with Crippen LogP contribution < -0.4 is 15.5 Å². The van der Waals surface area contributed by atoms with Gasteiger partial charge in [0.1, 0.15) is 18.4 Å². The number of hydrogen-bond acceptors (Lipinski definition) is 6. The quantitative estimate of drug-likeness (QED) is 0.230. The van der Waals surface area contributed by atoms with Crippen LogP contribution in [0, 0.1) is 0 Å². The summed E-state index contributed by atoms with van der Waals surface area (Å²) in [5, 5.41) is 12.1. The molecular formula is C27H30F6N4O5. The van der Waals surface area contributed by atoms with Crippen molar-refractivity contribution in [3.05, 3.63) is 64.7 Å². The maximum atomic E-state index is 13.4. The molecule has 3 rings (SSSR count). The van der Waals surface area contributed by atoms with E-state index in [-0.39, 0.29) is 29.7 Å². The van der Waals surface area contributed by atoms with E-state index in [0.29, 0.717) is 43.9 Å². The molecule has 42 heavy (non-hydrogen) atoms. The number of likely N-dealkylation sites (N-methyl/N-ethyl adjacent to an activating group) is 1. The molecule has 2 aromatic carbocycles. The summed E-state index contributed by atoms with van der Waals surface area (Å²) in [7, 11) is 1.34. The number of carbonyl (C=O) groups is 3. The summed E-state index contributed by atoms with van der Waals surface area (Å²) in [6.07, 6.45) is -10.2. The van der Waals surface area contributed by atoms with Gasteiger partial charge < -0.3 is 19.9 Å². The molecule has 0 bridgehead atoms. The number of nitrogens with zero attached hydrogens (tertiary/aromatic N) is 2. The molecule has 2 atom stereocenters. The van der Waals surface area contributed by atoms with E-state index in [1.54, 1.807) is 4.90 Å². The van der Waals surface area contributed by atoms with Crippen LogP contribution in [0.25, 0.3) is 0 Å². The van der Waals surface area contributed by atoms with E-state index in [2.05, 4.69) is 5.32 Å². The number of carbonyl (C=O) groups excluding carboxylic acids is 3. The molecule has 0 spiro atoms. The minimum Gasteiger partial charge on any atom is -0.489 e. The molecule has 1 aliphatic heterocycles. The lowest BCUT2D eigenvalue weighted by molar-refractivity contribution is -0.144. The molecule has 1 heterocycles. The van der Waals surface area contributed by atoms with Gasteiger partial charge >= 0.3 is 12.4 Å². The number of rotatable bonds is 9. The minimum atomic E-state index is -5.00. The first-order chi connectivity index (χ1) is 19.6. The van der Waals surface area contributed by atoms with Crippen molar-refractivity contribution >= 4 is 17.7 Å². The zero-order valence-electron chi connectivity index (χ0n) is 22.7. The van der Waals surface area contributed by atoms with Crippen LogP contribution in [0.4, 0.5) is 26.3 Å². The van der Waals surface area contributed by atoms with Gasteiger partial charge in [0.25, 0.3) is 5.91 Å². The molecule has 15 heteroatoms. The van der Waals surface area contributed by atoms with E-state index in [4.69, 9.17) is 9.94 Å². The van der Waals surface area contributed by atoms with E-state index in [1.807, 2.05) is 0 Å². The Kier molecular flexibility index (Phi) is 10.4. The van der Waals surface area contributed by atoms with Crippen molar-refractivity contribution in [1.82, 2.24) is 20.6 Å². The molecule has 2 aromatic rings. The molecule has 230 valence electrons. The number of piperazine rings is 1. The Hall–Kier alpha value is -3.85. The van der Waals surface area contributed by atoms with Gasteiger partial charge in [-0.3, -0.25) is 19.6 Å². The number of hydroxylamine groups is 1. The normalized spacial score (nSPS) is 15.5. The second-order valence-electron chi connectivity index (χ2n) is 9.76. The van der Waals surface area contributed by atoms with E-state index >= 15 is 0 Å². The molecule has 3 N–H and O–H groups in total. The molecule has 0 radical (unpaired) electrons. The number of hydrogen-bond donors (Lipinski definition) is 3. The molecule has 0 saturated carbocycles. The number of benzene rings is 2. The van der Waals surface area contributed by atoms with Crippen LogP contribution in [0.5, 0.6) is 5.75 Å². The van der Waals surface area contributed by atoms with Gasteiger partial charge in [-0.1, -0.05) is 12.1 Å². The Morgan fingerprint density at radius 2 is 1.55 bits per heavy atom. The molecule has 1 saturated heterocycles. The van der Waals surface area contributed by atoms with Crippen molar-refractivity contribution in [2.24, 2.45) is 0 Å². The Bertz CT molecular complexity index is 1230. The fraction of sp³-hybridized carbons (Fsp3) is 0.444. The van der Waals surface area contributed by atoms with E-state index in [0.717, 1.165) is 4.90 Å². The standard InChI is InChI=1S/C27H30F6N4O5/c1-16(24(39)35-41)36(2)25(40)22(14-23(38)37-9-7-34-8-10-37)18-3-5-21(6-4-18)42-15-17-11-19(26(28,29)30)13-20(12-17)27(31,32)33/h3-6,11-13,16,22,34,41H,7-10,14-15H2,1-2H3,(H,35,39)/t16-,22?/m1/s1. The van der Waals surface area contributed by atoms with Gasteiger partial charge in [-0.25, -0.2) is 5.48 Å². The summed E-state index contributed by atoms with van der Waals surface area (Å²) >= 11 is 0. The zero-order chi connectivity index (χ0) is 31.2. The molecule has 1 aliphatic rings.